The number of sulfonamides is 1. The zero-order chi connectivity index (χ0) is 16.0. The molecule has 0 aromatic carbocycles. The fourth-order valence-corrected chi connectivity index (χ4v) is 3.48. The van der Waals surface area contributed by atoms with Crippen LogP contribution in [-0.2, 0) is 19.6 Å². The zero-order valence-corrected chi connectivity index (χ0v) is 14.0. The number of hydrogen-bond donors (Lipinski definition) is 1. The van der Waals surface area contributed by atoms with E-state index in [0.29, 0.717) is 39.3 Å². The molecule has 0 saturated carbocycles. The summed E-state index contributed by atoms with van der Waals surface area (Å²) < 4.78 is 29.6. The molecule has 22 heavy (non-hydrogen) atoms. The van der Waals surface area contributed by atoms with Crippen LogP contribution in [0.2, 0.25) is 0 Å². The molecule has 0 unspecified atom stereocenters. The number of amides is 1. The molecule has 0 radical (unpaired) electrons. The molecule has 2 heterocycles. The molecule has 2 fully saturated rings. The van der Waals surface area contributed by atoms with E-state index in [0.717, 1.165) is 32.8 Å². The highest BCUT2D eigenvalue weighted by Crippen LogP contribution is 2.05. The number of nitrogens with one attached hydrogen (secondary N) is 1. The second-order valence-corrected chi connectivity index (χ2v) is 7.72. The lowest BCUT2D eigenvalue weighted by Crippen LogP contribution is -2.51. The number of ether oxygens (including phenoxy) is 1. The summed E-state index contributed by atoms with van der Waals surface area (Å²) in [5, 5.41) is 2.92. The summed E-state index contributed by atoms with van der Waals surface area (Å²) in [6.07, 6.45) is 1.22. The first-order valence-electron chi connectivity index (χ1n) is 7.69. The van der Waals surface area contributed by atoms with Crippen LogP contribution < -0.4 is 5.32 Å². The molecule has 9 heteroatoms. The Balaban J connectivity index is 1.59. The second-order valence-electron chi connectivity index (χ2n) is 5.74. The number of nitrogens with zero attached hydrogens (tertiary/aromatic N) is 3. The first kappa shape index (κ1) is 17.6. The molecule has 0 atom stereocenters. The van der Waals surface area contributed by atoms with Gasteiger partial charge in [-0.05, 0) is 0 Å². The molecule has 0 aromatic heterocycles. The number of morpholine rings is 1. The summed E-state index contributed by atoms with van der Waals surface area (Å²) in [6.45, 7) is 7.30. The Labute approximate surface area is 132 Å². The van der Waals surface area contributed by atoms with Crippen LogP contribution in [0.3, 0.4) is 0 Å². The highest BCUT2D eigenvalue weighted by atomic mass is 32.2. The van der Waals surface area contributed by atoms with Gasteiger partial charge in [-0.25, -0.2) is 8.42 Å². The highest BCUT2D eigenvalue weighted by molar-refractivity contribution is 7.88. The summed E-state index contributed by atoms with van der Waals surface area (Å²) in [5.41, 5.74) is 0. The lowest BCUT2D eigenvalue weighted by Gasteiger charge is -2.32. The van der Waals surface area contributed by atoms with Crippen molar-refractivity contribution in [3.63, 3.8) is 0 Å². The van der Waals surface area contributed by atoms with Gasteiger partial charge in [0.2, 0.25) is 15.9 Å². The summed E-state index contributed by atoms with van der Waals surface area (Å²) in [6, 6.07) is 0. The van der Waals surface area contributed by atoms with Crippen LogP contribution in [0, 0.1) is 0 Å². The van der Waals surface area contributed by atoms with Gasteiger partial charge in [-0.1, -0.05) is 0 Å². The fraction of sp³-hybridized carbons (Fsp3) is 0.923. The molecule has 0 aromatic rings. The van der Waals surface area contributed by atoms with Crippen LogP contribution in [0.1, 0.15) is 0 Å². The van der Waals surface area contributed by atoms with Crippen LogP contribution in [0.15, 0.2) is 0 Å². The SMILES string of the molecule is CS(=O)(=O)N1CCN(CC(=O)NCCN2CCOCC2)CC1. The minimum Gasteiger partial charge on any atom is -0.379 e. The van der Waals surface area contributed by atoms with Crippen molar-refractivity contribution < 1.29 is 17.9 Å². The Morgan fingerprint density at radius 1 is 1.05 bits per heavy atom. The number of carbonyl (C=O) groups excluding carboxylic acids is 1. The van der Waals surface area contributed by atoms with Crippen molar-refractivity contribution in [3.8, 4) is 0 Å². The molecule has 0 spiro atoms. The maximum atomic E-state index is 11.9. The number of carbonyl (C=O) groups is 1. The van der Waals surface area contributed by atoms with Gasteiger partial charge in [0.1, 0.15) is 0 Å². The standard InChI is InChI=1S/C13H26N4O4S/c1-22(19,20)17-6-4-16(5-7-17)12-13(18)14-2-3-15-8-10-21-11-9-15/h2-12H2,1H3,(H,14,18). The van der Waals surface area contributed by atoms with Gasteiger partial charge in [-0.2, -0.15) is 4.31 Å². The lowest BCUT2D eigenvalue weighted by atomic mass is 10.3. The fourth-order valence-electron chi connectivity index (χ4n) is 2.66. The van der Waals surface area contributed by atoms with Gasteiger partial charge in [0.05, 0.1) is 26.0 Å². The first-order valence-corrected chi connectivity index (χ1v) is 9.54. The Morgan fingerprint density at radius 3 is 2.27 bits per heavy atom. The van der Waals surface area contributed by atoms with Crippen molar-refractivity contribution in [1.29, 1.82) is 0 Å². The van der Waals surface area contributed by atoms with Gasteiger partial charge in [0.15, 0.2) is 0 Å². The summed E-state index contributed by atoms with van der Waals surface area (Å²) in [7, 11) is -3.11. The Bertz CT molecular complexity index is 457. The van der Waals surface area contributed by atoms with Crippen molar-refractivity contribution in [2.75, 3.05) is 78.4 Å². The first-order chi connectivity index (χ1) is 10.4. The van der Waals surface area contributed by atoms with Crippen LogP contribution in [0.5, 0.6) is 0 Å². The van der Waals surface area contributed by atoms with E-state index in [9.17, 15) is 13.2 Å². The maximum absolute atomic E-state index is 11.9. The predicted molar refractivity (Wildman–Crippen MR) is 83.1 cm³/mol. The number of rotatable bonds is 6. The molecule has 2 saturated heterocycles. The number of piperazine rings is 1. The summed E-state index contributed by atoms with van der Waals surface area (Å²) in [5.74, 6) is 0.000986. The van der Waals surface area contributed by atoms with E-state index in [-0.39, 0.29) is 5.91 Å². The molecule has 0 bridgehead atoms. The molecule has 8 nitrogen and oxygen atoms in total. The van der Waals surface area contributed by atoms with Gasteiger partial charge in [0, 0.05) is 52.4 Å². The van der Waals surface area contributed by atoms with Crippen LogP contribution >= 0.6 is 0 Å². The van der Waals surface area contributed by atoms with E-state index in [1.807, 2.05) is 4.90 Å². The summed E-state index contributed by atoms with van der Waals surface area (Å²) in [4.78, 5) is 16.2. The molecule has 1 amide bonds. The third kappa shape index (κ3) is 5.81. The van der Waals surface area contributed by atoms with E-state index in [4.69, 9.17) is 4.74 Å². The molecule has 1 N–H and O–H groups in total. The normalized spacial score (nSPS) is 22.6. The second kappa shape index (κ2) is 8.21. The molecule has 2 aliphatic heterocycles. The smallest absolute Gasteiger partial charge is 0.234 e. The van der Waals surface area contributed by atoms with E-state index in [2.05, 4.69) is 10.2 Å². The Morgan fingerprint density at radius 2 is 1.68 bits per heavy atom. The van der Waals surface area contributed by atoms with Gasteiger partial charge < -0.3 is 10.1 Å². The van der Waals surface area contributed by atoms with Gasteiger partial charge in [-0.3, -0.25) is 14.6 Å². The van der Waals surface area contributed by atoms with Gasteiger partial charge >= 0.3 is 0 Å². The average molecular weight is 334 g/mol. The third-order valence-electron chi connectivity index (χ3n) is 4.02. The molecule has 2 rings (SSSR count). The molecular weight excluding hydrogens is 308 g/mol. The van der Waals surface area contributed by atoms with Crippen LogP contribution in [0.4, 0.5) is 0 Å². The van der Waals surface area contributed by atoms with Gasteiger partial charge in [-0.15, -0.1) is 0 Å². The van der Waals surface area contributed by atoms with Crippen LogP contribution in [0.25, 0.3) is 0 Å². The minimum absolute atomic E-state index is 0.000986. The third-order valence-corrected chi connectivity index (χ3v) is 5.32. The average Bonchev–Trinajstić information content (AvgIpc) is 2.48. The molecular formula is C13H26N4O4S. The largest absolute Gasteiger partial charge is 0.379 e. The maximum Gasteiger partial charge on any atom is 0.234 e. The van der Waals surface area contributed by atoms with Crippen molar-refractivity contribution in [1.82, 2.24) is 19.4 Å². The van der Waals surface area contributed by atoms with E-state index in [1.54, 1.807) is 0 Å². The highest BCUT2D eigenvalue weighted by Gasteiger charge is 2.24. The van der Waals surface area contributed by atoms with E-state index < -0.39 is 10.0 Å². The number of hydrogen-bond acceptors (Lipinski definition) is 6. The zero-order valence-electron chi connectivity index (χ0n) is 13.2. The molecule has 128 valence electrons. The lowest BCUT2D eigenvalue weighted by molar-refractivity contribution is -0.122. The molecule has 0 aliphatic carbocycles. The van der Waals surface area contributed by atoms with E-state index >= 15 is 0 Å². The van der Waals surface area contributed by atoms with Crippen molar-refractivity contribution in [3.05, 3.63) is 0 Å². The minimum atomic E-state index is -3.11. The van der Waals surface area contributed by atoms with Crippen molar-refractivity contribution in [2.24, 2.45) is 0 Å². The van der Waals surface area contributed by atoms with Crippen LogP contribution in [-0.4, -0.2) is 107 Å². The monoisotopic (exact) mass is 334 g/mol. The predicted octanol–water partition coefficient (Wildman–Crippen LogP) is -1.99. The Kier molecular flexibility index (Phi) is 6.57. The van der Waals surface area contributed by atoms with E-state index in [1.165, 1.54) is 10.6 Å². The quantitative estimate of drug-likeness (QED) is 0.606. The van der Waals surface area contributed by atoms with Crippen molar-refractivity contribution in [2.45, 2.75) is 0 Å². The molecule has 2 aliphatic rings. The summed E-state index contributed by atoms with van der Waals surface area (Å²) >= 11 is 0. The Hall–Kier alpha value is -0.740. The topological polar surface area (TPSA) is 82.2 Å². The van der Waals surface area contributed by atoms with Crippen molar-refractivity contribution >= 4 is 15.9 Å². The van der Waals surface area contributed by atoms with Gasteiger partial charge in [0.25, 0.3) is 0 Å².